The number of benzene rings is 2. The van der Waals surface area contributed by atoms with E-state index in [-0.39, 0.29) is 59.5 Å². The average molecular weight is 837 g/mol. The maximum absolute atomic E-state index is 13.2. The summed E-state index contributed by atoms with van der Waals surface area (Å²) in [6, 6.07) is 9.96. The Morgan fingerprint density at radius 3 is 2.21 bits per heavy atom. The first-order valence-corrected chi connectivity index (χ1v) is 19.6. The molecule has 15 nitrogen and oxygen atoms in total. The van der Waals surface area contributed by atoms with E-state index in [0.717, 1.165) is 11.1 Å². The van der Waals surface area contributed by atoms with E-state index in [9.17, 15) is 39.3 Å². The zero-order valence-corrected chi connectivity index (χ0v) is 34.8. The average Bonchev–Trinajstić information content (AvgIpc) is 3.17. The molecule has 0 aliphatic carbocycles. The van der Waals surface area contributed by atoms with Gasteiger partial charge in [0.1, 0.15) is 59.1 Å². The molecule has 58 heavy (non-hydrogen) atoms. The van der Waals surface area contributed by atoms with Crippen LogP contribution in [0.4, 0.5) is 0 Å². The van der Waals surface area contributed by atoms with E-state index in [1.165, 1.54) is 33.5 Å². The van der Waals surface area contributed by atoms with Gasteiger partial charge in [-0.15, -0.1) is 0 Å². The van der Waals surface area contributed by atoms with Crippen LogP contribution in [0.15, 0.2) is 36.4 Å². The lowest BCUT2D eigenvalue weighted by molar-refractivity contribution is -0.293. The van der Waals surface area contributed by atoms with Gasteiger partial charge in [0, 0.05) is 38.9 Å². The Morgan fingerprint density at radius 2 is 1.55 bits per heavy atom. The van der Waals surface area contributed by atoms with E-state index in [0.29, 0.717) is 44.9 Å². The molecule has 1 saturated heterocycles. The fourth-order valence-corrected chi connectivity index (χ4v) is 6.61. The number of ketones is 2. The first kappa shape index (κ1) is 48.3. The third kappa shape index (κ3) is 15.2. The first-order chi connectivity index (χ1) is 27.5. The van der Waals surface area contributed by atoms with Crippen molar-refractivity contribution in [3.63, 3.8) is 0 Å². The third-order valence-corrected chi connectivity index (χ3v) is 9.64. The van der Waals surface area contributed by atoms with Gasteiger partial charge in [0.15, 0.2) is 12.4 Å². The summed E-state index contributed by atoms with van der Waals surface area (Å²) in [5.41, 5.74) is 0.780. The van der Waals surface area contributed by atoms with Gasteiger partial charge in [-0.3, -0.25) is 19.2 Å². The monoisotopic (exact) mass is 836 g/mol. The van der Waals surface area contributed by atoms with Crippen molar-refractivity contribution in [3.8, 4) is 11.5 Å². The molecule has 0 radical (unpaired) electrons. The van der Waals surface area contributed by atoms with Gasteiger partial charge < -0.3 is 48.5 Å². The molecule has 0 aromatic heterocycles. The van der Waals surface area contributed by atoms with E-state index in [1.54, 1.807) is 26.8 Å². The highest BCUT2D eigenvalue weighted by molar-refractivity contribution is 6.32. The predicted octanol–water partition coefficient (Wildman–Crippen LogP) is 4.86. The summed E-state index contributed by atoms with van der Waals surface area (Å²) in [5.74, 6) is -2.15. The highest BCUT2D eigenvalue weighted by Gasteiger charge is 2.47. The number of hydrogen-bond donors (Lipinski definition) is 3. The van der Waals surface area contributed by atoms with E-state index in [4.69, 9.17) is 44.8 Å². The molecule has 0 unspecified atom stereocenters. The number of halogens is 1. The van der Waals surface area contributed by atoms with Crippen molar-refractivity contribution in [3.05, 3.63) is 58.1 Å². The smallest absolute Gasteiger partial charge is 0.342 e. The van der Waals surface area contributed by atoms with Gasteiger partial charge in [0.05, 0.1) is 38.2 Å². The molecule has 2 aromatic carbocycles. The number of rotatable bonds is 23. The van der Waals surface area contributed by atoms with Crippen LogP contribution in [0.1, 0.15) is 100 Å². The molecule has 1 fully saturated rings. The lowest BCUT2D eigenvalue weighted by Gasteiger charge is -2.40. The Balaban J connectivity index is 1.44. The Labute approximate surface area is 344 Å². The summed E-state index contributed by atoms with van der Waals surface area (Å²) >= 11 is 6.47. The lowest BCUT2D eigenvalue weighted by Crippen LogP contribution is -2.60. The summed E-state index contributed by atoms with van der Waals surface area (Å²) in [7, 11) is 3.87. The van der Waals surface area contributed by atoms with Gasteiger partial charge in [0.2, 0.25) is 0 Å². The van der Waals surface area contributed by atoms with Gasteiger partial charge in [-0.1, -0.05) is 48.7 Å². The Hall–Kier alpha value is -4.12. The topological polar surface area (TPSA) is 211 Å². The van der Waals surface area contributed by atoms with Crippen molar-refractivity contribution in [2.75, 3.05) is 27.9 Å². The SMILES string of the molecule is COC(=O)[C@H](CCCCCC(=O)CCCC(=O)Cc1cccc(COc2cc(OC)c(C(=O)O[C@H]3[C@@H](OC)O[C@H](CO)[C@@H](O)[C@@H]3O)cc2Cl)c1)CC(=O)OC(C)(C)C. The lowest BCUT2D eigenvalue weighted by atomic mass is 9.96. The molecule has 1 heterocycles. The maximum Gasteiger partial charge on any atom is 0.342 e. The number of aliphatic hydroxyl groups excluding tert-OH is 3. The Kier molecular flexibility index (Phi) is 19.5. The van der Waals surface area contributed by atoms with Crippen LogP contribution < -0.4 is 9.47 Å². The minimum absolute atomic E-state index is 0.00758. The van der Waals surface area contributed by atoms with Crippen LogP contribution in [-0.2, 0) is 55.9 Å². The molecule has 0 bridgehead atoms. The number of aliphatic hydroxyl groups is 3. The third-order valence-electron chi connectivity index (χ3n) is 9.35. The van der Waals surface area contributed by atoms with Crippen LogP contribution in [0.5, 0.6) is 11.5 Å². The van der Waals surface area contributed by atoms with Crippen LogP contribution in [0.2, 0.25) is 5.02 Å². The van der Waals surface area contributed by atoms with E-state index in [1.807, 2.05) is 18.2 Å². The van der Waals surface area contributed by atoms with Gasteiger partial charge >= 0.3 is 17.9 Å². The second kappa shape index (κ2) is 23.5. The number of esters is 3. The predicted molar refractivity (Wildman–Crippen MR) is 209 cm³/mol. The normalized spacial score (nSPS) is 19.8. The van der Waals surface area contributed by atoms with Gasteiger partial charge in [-0.2, -0.15) is 0 Å². The molecule has 1 aliphatic rings. The second-order valence-electron chi connectivity index (χ2n) is 15.1. The largest absolute Gasteiger partial charge is 0.496 e. The maximum atomic E-state index is 13.2. The number of Topliss-reactive ketones (excluding diaryl/α,β-unsaturated/α-hetero) is 2. The molecule has 6 atom stereocenters. The fourth-order valence-electron chi connectivity index (χ4n) is 6.39. The van der Waals surface area contributed by atoms with Crippen LogP contribution >= 0.6 is 11.6 Å². The fraction of sp³-hybridized carbons (Fsp3) is 0.595. The molecular weight excluding hydrogens is 780 g/mol. The molecule has 322 valence electrons. The summed E-state index contributed by atoms with van der Waals surface area (Å²) in [4.78, 5) is 62.8. The summed E-state index contributed by atoms with van der Waals surface area (Å²) in [5, 5.41) is 30.3. The van der Waals surface area contributed by atoms with Crippen LogP contribution in [0, 0.1) is 5.92 Å². The number of methoxy groups -OCH3 is 3. The van der Waals surface area contributed by atoms with Crippen LogP contribution in [-0.4, -0.2) is 109 Å². The van der Waals surface area contributed by atoms with Crippen LogP contribution in [0.3, 0.4) is 0 Å². The van der Waals surface area contributed by atoms with Crippen molar-refractivity contribution in [2.24, 2.45) is 5.92 Å². The number of carbonyl (C=O) groups is 5. The zero-order valence-electron chi connectivity index (χ0n) is 34.0. The van der Waals surface area contributed by atoms with Crippen molar-refractivity contribution >= 4 is 41.1 Å². The molecular formula is C42H57ClO15. The van der Waals surface area contributed by atoms with Crippen LogP contribution in [0.25, 0.3) is 0 Å². The molecule has 0 spiro atoms. The van der Waals surface area contributed by atoms with E-state index < -0.39 is 66.7 Å². The molecule has 0 saturated carbocycles. The van der Waals surface area contributed by atoms with E-state index >= 15 is 0 Å². The minimum Gasteiger partial charge on any atom is -0.496 e. The number of ether oxygens (including phenoxy) is 7. The zero-order chi connectivity index (χ0) is 43.0. The summed E-state index contributed by atoms with van der Waals surface area (Å²) in [6.07, 6.45) is -3.04. The highest BCUT2D eigenvalue weighted by atomic mass is 35.5. The molecule has 0 amide bonds. The second-order valence-corrected chi connectivity index (χ2v) is 15.5. The summed E-state index contributed by atoms with van der Waals surface area (Å²) in [6.45, 7) is 4.77. The molecule has 1 aliphatic heterocycles. The number of hydrogen-bond acceptors (Lipinski definition) is 15. The van der Waals surface area contributed by atoms with Gasteiger partial charge in [0.25, 0.3) is 0 Å². The number of carbonyl (C=O) groups excluding carboxylic acids is 5. The highest BCUT2D eigenvalue weighted by Crippen LogP contribution is 2.35. The van der Waals surface area contributed by atoms with Crippen molar-refractivity contribution in [2.45, 2.75) is 128 Å². The van der Waals surface area contributed by atoms with Gasteiger partial charge in [-0.25, -0.2) is 4.79 Å². The van der Waals surface area contributed by atoms with Crippen molar-refractivity contribution < 1.29 is 72.5 Å². The molecule has 16 heteroatoms. The standard InChI is InChI=1S/C42H57ClO15/c1-42(2,3)58-35(47)20-27(39(50)53-5)14-8-7-9-15-28(45)16-11-17-29(46)19-25-12-10-13-26(18-25)24-55-33-22-32(52-4)30(21-31(33)43)40(51)57-38-37(49)36(48)34(23-44)56-41(38)54-6/h10,12-13,18,21-22,27,34,36-38,41,44,48-49H,7-9,11,14-17,19-20,23-24H2,1-6H3/t27-,34-,36-,37+,38-,41+/m1/s1. The first-order valence-electron chi connectivity index (χ1n) is 19.3. The van der Waals surface area contributed by atoms with Gasteiger partial charge in [-0.05, 0) is 57.2 Å². The number of unbranched alkanes of at least 4 members (excludes halogenated alkanes) is 2. The quantitative estimate of drug-likeness (QED) is 0.0775. The Bertz CT molecular complexity index is 1690. The van der Waals surface area contributed by atoms with E-state index in [2.05, 4.69) is 0 Å². The molecule has 2 aromatic rings. The molecule has 3 rings (SSSR count). The van der Waals surface area contributed by atoms with Crippen molar-refractivity contribution in [1.82, 2.24) is 0 Å². The minimum atomic E-state index is -1.62. The molecule has 3 N–H and O–H groups in total. The summed E-state index contributed by atoms with van der Waals surface area (Å²) < 4.78 is 37.5. The van der Waals surface area contributed by atoms with Crippen molar-refractivity contribution in [1.29, 1.82) is 0 Å². The Morgan fingerprint density at radius 1 is 0.862 bits per heavy atom.